The second kappa shape index (κ2) is 5.61. The summed E-state index contributed by atoms with van der Waals surface area (Å²) in [4.78, 5) is 14.0. The fourth-order valence-corrected chi connectivity index (χ4v) is 4.37. The van der Waals surface area contributed by atoms with Crippen molar-refractivity contribution in [3.05, 3.63) is 90.5 Å². The Morgan fingerprint density at radius 2 is 1.32 bits per heavy atom. The third kappa shape index (κ3) is 2.30. The molecule has 0 radical (unpaired) electrons. The van der Waals surface area contributed by atoms with Gasteiger partial charge in [0.2, 0.25) is 5.12 Å². The number of carbonyl (C=O) groups excluding carboxylic acids is 1. The second-order valence-electron chi connectivity index (χ2n) is 6.18. The maximum atomic E-state index is 13.0. The normalized spacial score (nSPS) is 11.5. The minimum absolute atomic E-state index is 0.0882. The van der Waals surface area contributed by atoms with Crippen LogP contribution in [0, 0.1) is 0 Å². The number of benzene rings is 5. The first-order chi connectivity index (χ1) is 12.3. The van der Waals surface area contributed by atoms with Crippen LogP contribution in [0.4, 0.5) is 0 Å². The summed E-state index contributed by atoms with van der Waals surface area (Å²) < 4.78 is 0. The lowest BCUT2D eigenvalue weighted by atomic mass is 9.92. The van der Waals surface area contributed by atoms with E-state index < -0.39 is 0 Å². The quantitative estimate of drug-likeness (QED) is 0.269. The molecule has 5 aromatic rings. The van der Waals surface area contributed by atoms with E-state index in [1.54, 1.807) is 0 Å². The first-order valence-electron chi connectivity index (χ1n) is 8.25. The van der Waals surface area contributed by atoms with E-state index in [1.165, 1.54) is 33.3 Å². The fraction of sp³-hybridized carbons (Fsp3) is 0. The summed E-state index contributed by atoms with van der Waals surface area (Å²) in [6.07, 6.45) is 0. The number of rotatable bonds is 2. The van der Waals surface area contributed by atoms with Crippen LogP contribution < -0.4 is 0 Å². The topological polar surface area (TPSA) is 17.1 Å². The van der Waals surface area contributed by atoms with Crippen molar-refractivity contribution in [1.82, 2.24) is 0 Å². The molecule has 0 atom stereocenters. The van der Waals surface area contributed by atoms with Gasteiger partial charge in [-0.2, -0.15) is 0 Å². The lowest BCUT2D eigenvalue weighted by Crippen LogP contribution is -1.97. The van der Waals surface area contributed by atoms with Crippen molar-refractivity contribution in [3.8, 4) is 0 Å². The van der Waals surface area contributed by atoms with Gasteiger partial charge < -0.3 is 0 Å². The van der Waals surface area contributed by atoms with Crippen LogP contribution in [0.15, 0.2) is 89.8 Å². The zero-order valence-corrected chi connectivity index (χ0v) is 14.2. The smallest absolute Gasteiger partial charge is 0.224 e. The third-order valence-corrected chi connectivity index (χ3v) is 5.59. The van der Waals surface area contributed by atoms with Crippen molar-refractivity contribution in [2.75, 3.05) is 0 Å². The molecule has 0 spiro atoms. The van der Waals surface area contributed by atoms with E-state index in [4.69, 9.17) is 0 Å². The second-order valence-corrected chi connectivity index (χ2v) is 7.22. The number of carbonyl (C=O) groups is 1. The highest BCUT2D eigenvalue weighted by Crippen LogP contribution is 2.38. The molecule has 0 aliphatic heterocycles. The van der Waals surface area contributed by atoms with Gasteiger partial charge >= 0.3 is 0 Å². The first-order valence-corrected chi connectivity index (χ1v) is 9.07. The van der Waals surface area contributed by atoms with Crippen LogP contribution in [0.25, 0.3) is 32.3 Å². The van der Waals surface area contributed by atoms with Crippen molar-refractivity contribution < 1.29 is 4.79 Å². The zero-order valence-electron chi connectivity index (χ0n) is 13.4. The van der Waals surface area contributed by atoms with E-state index in [0.29, 0.717) is 0 Å². The minimum Gasteiger partial charge on any atom is -0.281 e. The van der Waals surface area contributed by atoms with Gasteiger partial charge in [0, 0.05) is 10.5 Å². The van der Waals surface area contributed by atoms with Gasteiger partial charge in [-0.15, -0.1) is 0 Å². The molecule has 0 saturated heterocycles. The Morgan fingerprint density at radius 3 is 2.12 bits per heavy atom. The van der Waals surface area contributed by atoms with E-state index in [-0.39, 0.29) is 5.12 Å². The predicted molar refractivity (Wildman–Crippen MR) is 107 cm³/mol. The Balaban J connectivity index is 1.79. The van der Waals surface area contributed by atoms with Gasteiger partial charge in [-0.1, -0.05) is 66.7 Å². The van der Waals surface area contributed by atoms with E-state index in [9.17, 15) is 4.79 Å². The molecule has 0 heterocycles. The van der Waals surface area contributed by atoms with Crippen LogP contribution in [-0.2, 0) is 0 Å². The number of hydrogen-bond donors (Lipinski definition) is 0. The lowest BCUT2D eigenvalue weighted by Gasteiger charge is -2.13. The van der Waals surface area contributed by atoms with Crippen LogP contribution in [0.1, 0.15) is 10.4 Å². The standard InChI is InChI=1S/C23H14OS/c24-23(25-18-9-2-1-3-10-18)20-14-17-8-4-6-15-12-13-16-7-5-11-19(20)22(16)21(15)17/h1-14H. The molecule has 0 saturated carbocycles. The molecular weight excluding hydrogens is 324 g/mol. The fourth-order valence-electron chi connectivity index (χ4n) is 3.58. The molecule has 1 nitrogen and oxygen atoms in total. The number of hydrogen-bond acceptors (Lipinski definition) is 2. The minimum atomic E-state index is 0.0882. The molecule has 5 aromatic carbocycles. The van der Waals surface area contributed by atoms with Crippen molar-refractivity contribution in [3.63, 3.8) is 0 Å². The van der Waals surface area contributed by atoms with Gasteiger partial charge in [-0.3, -0.25) is 4.79 Å². The van der Waals surface area contributed by atoms with Crippen molar-refractivity contribution in [2.24, 2.45) is 0 Å². The van der Waals surface area contributed by atoms with E-state index >= 15 is 0 Å². The molecule has 0 fully saturated rings. The summed E-state index contributed by atoms with van der Waals surface area (Å²) in [5.41, 5.74) is 0.783. The average molecular weight is 338 g/mol. The van der Waals surface area contributed by atoms with Crippen LogP contribution in [0.5, 0.6) is 0 Å². The van der Waals surface area contributed by atoms with E-state index in [0.717, 1.165) is 21.2 Å². The molecule has 0 amide bonds. The van der Waals surface area contributed by atoms with Gasteiger partial charge in [0.05, 0.1) is 0 Å². The molecule has 25 heavy (non-hydrogen) atoms. The molecule has 5 rings (SSSR count). The van der Waals surface area contributed by atoms with Gasteiger partial charge in [0.1, 0.15) is 0 Å². The summed E-state index contributed by atoms with van der Waals surface area (Å²) in [6, 6.07) is 28.7. The van der Waals surface area contributed by atoms with E-state index in [2.05, 4.69) is 42.5 Å². The summed E-state index contributed by atoms with van der Waals surface area (Å²) >= 11 is 1.29. The molecule has 118 valence electrons. The third-order valence-electron chi connectivity index (χ3n) is 4.68. The van der Waals surface area contributed by atoms with Crippen LogP contribution in [0.2, 0.25) is 0 Å². The summed E-state index contributed by atoms with van der Waals surface area (Å²) in [5, 5.41) is 7.09. The van der Waals surface area contributed by atoms with Gasteiger partial charge in [-0.25, -0.2) is 0 Å². The number of thioether (sulfide) groups is 1. The van der Waals surface area contributed by atoms with Crippen molar-refractivity contribution >= 4 is 49.2 Å². The zero-order chi connectivity index (χ0) is 16.8. The molecule has 0 N–H and O–H groups in total. The van der Waals surface area contributed by atoms with Crippen LogP contribution >= 0.6 is 11.8 Å². The highest BCUT2D eigenvalue weighted by molar-refractivity contribution is 8.14. The highest BCUT2D eigenvalue weighted by atomic mass is 32.2. The van der Waals surface area contributed by atoms with Gasteiger partial charge in [0.15, 0.2) is 0 Å². The van der Waals surface area contributed by atoms with E-state index in [1.807, 2.05) is 42.5 Å². The predicted octanol–water partition coefficient (Wildman–Crippen LogP) is 6.52. The van der Waals surface area contributed by atoms with Crippen LogP contribution in [0.3, 0.4) is 0 Å². The monoisotopic (exact) mass is 338 g/mol. The summed E-state index contributed by atoms with van der Waals surface area (Å²) in [5.74, 6) is 0. The Labute approximate surface area is 149 Å². The largest absolute Gasteiger partial charge is 0.281 e. The lowest BCUT2D eigenvalue weighted by molar-refractivity contribution is 0.109. The van der Waals surface area contributed by atoms with Gasteiger partial charge in [0.25, 0.3) is 0 Å². The van der Waals surface area contributed by atoms with Crippen LogP contribution in [-0.4, -0.2) is 5.12 Å². The SMILES string of the molecule is O=C(Sc1ccccc1)c1cc2cccc3ccc4cccc1c4c32. The molecular formula is C23H14OS. The molecule has 0 bridgehead atoms. The molecule has 0 aliphatic rings. The molecule has 0 aromatic heterocycles. The van der Waals surface area contributed by atoms with Crippen molar-refractivity contribution in [1.29, 1.82) is 0 Å². The van der Waals surface area contributed by atoms with Gasteiger partial charge in [-0.05, 0) is 62.3 Å². The Bertz CT molecular complexity index is 1220. The Hall–Kier alpha value is -2.84. The maximum absolute atomic E-state index is 13.0. The summed E-state index contributed by atoms with van der Waals surface area (Å²) in [6.45, 7) is 0. The molecule has 0 aliphatic carbocycles. The maximum Gasteiger partial charge on any atom is 0.224 e. The molecule has 0 unspecified atom stereocenters. The Morgan fingerprint density at radius 1 is 0.640 bits per heavy atom. The van der Waals surface area contributed by atoms with Crippen molar-refractivity contribution in [2.45, 2.75) is 4.90 Å². The molecule has 2 heteroatoms. The summed E-state index contributed by atoms with van der Waals surface area (Å²) in [7, 11) is 0. The average Bonchev–Trinajstić information content (AvgIpc) is 2.66. The Kier molecular flexibility index (Phi) is 3.25. The highest BCUT2D eigenvalue weighted by Gasteiger charge is 2.16. The first kappa shape index (κ1) is 14.5.